The standard InChI is InChI=1S/C13H10F3N5OS/c14-13(15,16)7-3-1-6(2-4-7)5-23-12-18-8-9(20-12)19-11(17)21-10(8)22/h1-4H,5H2,(H4,17,18,19,20,21,22). The lowest BCUT2D eigenvalue weighted by molar-refractivity contribution is -0.137. The summed E-state index contributed by atoms with van der Waals surface area (Å²) in [6.45, 7) is 0. The predicted molar refractivity (Wildman–Crippen MR) is 79.9 cm³/mol. The molecule has 4 N–H and O–H groups in total. The maximum atomic E-state index is 12.5. The summed E-state index contributed by atoms with van der Waals surface area (Å²) in [6, 6.07) is 4.87. The number of thioether (sulfide) groups is 1. The Morgan fingerprint density at radius 3 is 2.48 bits per heavy atom. The Kier molecular flexibility index (Phi) is 3.76. The molecule has 0 saturated heterocycles. The average molecular weight is 341 g/mol. The fourth-order valence-corrected chi connectivity index (χ4v) is 2.73. The second-order valence-corrected chi connectivity index (χ2v) is 5.64. The van der Waals surface area contributed by atoms with Gasteiger partial charge in [0.1, 0.15) is 0 Å². The van der Waals surface area contributed by atoms with Crippen LogP contribution >= 0.6 is 11.8 Å². The Morgan fingerprint density at radius 1 is 1.13 bits per heavy atom. The van der Waals surface area contributed by atoms with E-state index in [-0.39, 0.29) is 17.1 Å². The van der Waals surface area contributed by atoms with Gasteiger partial charge in [0.2, 0.25) is 5.95 Å². The van der Waals surface area contributed by atoms with E-state index in [0.29, 0.717) is 16.5 Å². The zero-order valence-electron chi connectivity index (χ0n) is 11.4. The van der Waals surface area contributed by atoms with Crippen LogP contribution in [0.2, 0.25) is 0 Å². The third-order valence-electron chi connectivity index (χ3n) is 3.01. The maximum absolute atomic E-state index is 12.5. The van der Waals surface area contributed by atoms with Gasteiger partial charge >= 0.3 is 6.18 Å². The third-order valence-corrected chi connectivity index (χ3v) is 3.96. The number of nitrogens with one attached hydrogen (secondary N) is 2. The van der Waals surface area contributed by atoms with Gasteiger partial charge in [-0.05, 0) is 17.7 Å². The number of rotatable bonds is 3. The van der Waals surface area contributed by atoms with Gasteiger partial charge in [-0.25, -0.2) is 4.98 Å². The SMILES string of the molecule is Nc1nc2nc(SCc3ccc(C(F)(F)F)cc3)[nH]c2c(=O)[nH]1. The van der Waals surface area contributed by atoms with E-state index >= 15 is 0 Å². The largest absolute Gasteiger partial charge is 0.416 e. The molecule has 10 heteroatoms. The van der Waals surface area contributed by atoms with Crippen molar-refractivity contribution < 1.29 is 13.2 Å². The molecule has 0 spiro atoms. The molecule has 3 aromatic rings. The summed E-state index contributed by atoms with van der Waals surface area (Å²) in [7, 11) is 0. The summed E-state index contributed by atoms with van der Waals surface area (Å²) < 4.78 is 37.5. The summed E-state index contributed by atoms with van der Waals surface area (Å²) in [6.07, 6.45) is -4.35. The van der Waals surface area contributed by atoms with Gasteiger partial charge in [0.15, 0.2) is 16.3 Å². The molecule has 3 rings (SSSR count). The van der Waals surface area contributed by atoms with Gasteiger partial charge in [-0.3, -0.25) is 9.78 Å². The Labute approximate surface area is 131 Å². The summed E-state index contributed by atoms with van der Waals surface area (Å²) >= 11 is 1.25. The van der Waals surface area contributed by atoms with Crippen molar-refractivity contribution in [3.8, 4) is 0 Å². The lowest BCUT2D eigenvalue weighted by atomic mass is 10.1. The number of nitrogen functional groups attached to an aromatic ring is 1. The number of aromatic nitrogens is 4. The second kappa shape index (κ2) is 5.61. The second-order valence-electron chi connectivity index (χ2n) is 4.68. The number of benzene rings is 1. The van der Waals surface area contributed by atoms with Crippen LogP contribution in [0.4, 0.5) is 19.1 Å². The molecule has 0 aliphatic rings. The van der Waals surface area contributed by atoms with Crippen molar-refractivity contribution in [3.63, 3.8) is 0 Å². The van der Waals surface area contributed by atoms with Crippen molar-refractivity contribution in [2.24, 2.45) is 0 Å². The summed E-state index contributed by atoms with van der Waals surface area (Å²) in [5.41, 5.74) is 5.40. The molecule has 120 valence electrons. The minimum atomic E-state index is -4.35. The molecule has 1 aromatic carbocycles. The number of fused-ring (bicyclic) bond motifs is 1. The molecule has 0 aliphatic carbocycles. The first-order chi connectivity index (χ1) is 10.8. The molecule has 23 heavy (non-hydrogen) atoms. The summed E-state index contributed by atoms with van der Waals surface area (Å²) in [4.78, 5) is 24.8. The van der Waals surface area contributed by atoms with Crippen LogP contribution in [0.15, 0.2) is 34.2 Å². The first-order valence-corrected chi connectivity index (χ1v) is 7.36. The minimum Gasteiger partial charge on any atom is -0.369 e. The Balaban J connectivity index is 1.76. The highest BCUT2D eigenvalue weighted by Crippen LogP contribution is 2.30. The number of anilines is 1. The lowest BCUT2D eigenvalue weighted by Gasteiger charge is -2.06. The number of hydrogen-bond donors (Lipinski definition) is 3. The molecule has 2 heterocycles. The van der Waals surface area contributed by atoms with E-state index in [4.69, 9.17) is 5.73 Å². The Bertz CT molecular complexity index is 901. The van der Waals surface area contributed by atoms with Crippen LogP contribution in [0.3, 0.4) is 0 Å². The molecule has 2 aromatic heterocycles. The fraction of sp³-hybridized carbons (Fsp3) is 0.154. The molecule has 0 fully saturated rings. The zero-order valence-corrected chi connectivity index (χ0v) is 12.3. The van der Waals surface area contributed by atoms with Crippen LogP contribution in [0.25, 0.3) is 11.2 Å². The monoisotopic (exact) mass is 341 g/mol. The van der Waals surface area contributed by atoms with Gasteiger partial charge in [0.25, 0.3) is 5.56 Å². The van der Waals surface area contributed by atoms with Crippen molar-refractivity contribution >= 4 is 28.9 Å². The van der Waals surface area contributed by atoms with E-state index < -0.39 is 17.3 Å². The average Bonchev–Trinajstić information content (AvgIpc) is 2.88. The first kappa shape index (κ1) is 15.4. The quantitative estimate of drug-likeness (QED) is 0.636. The van der Waals surface area contributed by atoms with Crippen molar-refractivity contribution in [2.75, 3.05) is 5.73 Å². The first-order valence-electron chi connectivity index (χ1n) is 6.37. The Morgan fingerprint density at radius 2 is 1.83 bits per heavy atom. The normalized spacial score (nSPS) is 12.0. The van der Waals surface area contributed by atoms with Gasteiger partial charge in [0.05, 0.1) is 5.56 Å². The number of nitrogens with two attached hydrogens (primary N) is 1. The maximum Gasteiger partial charge on any atom is 0.416 e. The van der Waals surface area contributed by atoms with Crippen LogP contribution < -0.4 is 11.3 Å². The molecule has 0 saturated carbocycles. The van der Waals surface area contributed by atoms with E-state index in [9.17, 15) is 18.0 Å². The highest BCUT2D eigenvalue weighted by Gasteiger charge is 2.29. The minimum absolute atomic E-state index is 0.0340. The van der Waals surface area contributed by atoms with Crippen molar-refractivity contribution in [3.05, 3.63) is 45.7 Å². The molecule has 0 unspecified atom stereocenters. The lowest BCUT2D eigenvalue weighted by Crippen LogP contribution is -2.10. The van der Waals surface area contributed by atoms with Crippen LogP contribution in [0.1, 0.15) is 11.1 Å². The molecule has 0 aliphatic heterocycles. The molecule has 0 amide bonds. The van der Waals surface area contributed by atoms with Crippen molar-refractivity contribution in [1.82, 2.24) is 19.9 Å². The van der Waals surface area contributed by atoms with Gasteiger partial charge in [-0.2, -0.15) is 18.2 Å². The number of nitrogens with zero attached hydrogens (tertiary/aromatic N) is 2. The number of alkyl halides is 3. The van der Waals surface area contributed by atoms with Gasteiger partial charge < -0.3 is 10.7 Å². The van der Waals surface area contributed by atoms with Crippen LogP contribution in [-0.4, -0.2) is 19.9 Å². The third kappa shape index (κ3) is 3.31. The van der Waals surface area contributed by atoms with E-state index in [2.05, 4.69) is 19.9 Å². The highest BCUT2D eigenvalue weighted by molar-refractivity contribution is 7.98. The topological polar surface area (TPSA) is 100 Å². The van der Waals surface area contributed by atoms with E-state index in [0.717, 1.165) is 12.1 Å². The van der Waals surface area contributed by atoms with E-state index in [1.54, 1.807) is 0 Å². The number of halogens is 3. The molecule has 0 radical (unpaired) electrons. The highest BCUT2D eigenvalue weighted by atomic mass is 32.2. The smallest absolute Gasteiger partial charge is 0.369 e. The van der Waals surface area contributed by atoms with Gasteiger partial charge in [-0.15, -0.1) is 0 Å². The number of imidazole rings is 1. The fourth-order valence-electron chi connectivity index (χ4n) is 1.91. The van der Waals surface area contributed by atoms with E-state index in [1.165, 1.54) is 23.9 Å². The molecular weight excluding hydrogens is 331 g/mol. The molecular formula is C13H10F3N5OS. The number of aromatic amines is 2. The number of hydrogen-bond acceptors (Lipinski definition) is 5. The summed E-state index contributed by atoms with van der Waals surface area (Å²) in [5, 5.41) is 0.434. The zero-order chi connectivity index (χ0) is 16.6. The van der Waals surface area contributed by atoms with Crippen LogP contribution in [0.5, 0.6) is 0 Å². The number of H-pyrrole nitrogens is 2. The van der Waals surface area contributed by atoms with Crippen LogP contribution in [-0.2, 0) is 11.9 Å². The molecule has 6 nitrogen and oxygen atoms in total. The van der Waals surface area contributed by atoms with Gasteiger partial charge in [-0.1, -0.05) is 23.9 Å². The Hall–Kier alpha value is -2.49. The summed E-state index contributed by atoms with van der Waals surface area (Å²) in [5.74, 6) is 0.360. The van der Waals surface area contributed by atoms with Crippen molar-refractivity contribution in [2.45, 2.75) is 17.1 Å². The predicted octanol–water partition coefficient (Wildman–Crippen LogP) is 2.54. The van der Waals surface area contributed by atoms with E-state index in [1.807, 2.05) is 0 Å². The molecule has 0 bridgehead atoms. The molecule has 0 atom stereocenters. The van der Waals surface area contributed by atoms with Crippen molar-refractivity contribution in [1.29, 1.82) is 0 Å². The van der Waals surface area contributed by atoms with Crippen LogP contribution in [0, 0.1) is 0 Å². The van der Waals surface area contributed by atoms with Gasteiger partial charge in [0, 0.05) is 5.75 Å².